The molecule has 0 fully saturated rings. The van der Waals surface area contributed by atoms with Crippen LogP contribution in [0.4, 0.5) is 13.2 Å². The third-order valence-corrected chi connectivity index (χ3v) is 4.70. The van der Waals surface area contributed by atoms with Crippen LogP contribution in [0.15, 0.2) is 41.8 Å². The van der Waals surface area contributed by atoms with Gasteiger partial charge in [-0.05, 0) is 39.0 Å². The van der Waals surface area contributed by atoms with E-state index in [9.17, 15) is 18.4 Å². The number of alkyl halides is 3. The van der Waals surface area contributed by atoms with Gasteiger partial charge in [-0.3, -0.25) is 4.99 Å². The van der Waals surface area contributed by atoms with Crippen LogP contribution in [0.2, 0.25) is 0 Å². The van der Waals surface area contributed by atoms with E-state index >= 15 is 0 Å². The maximum Gasteiger partial charge on any atom is 0.395 e. The lowest BCUT2D eigenvalue weighted by atomic mass is 9.93. The molecule has 0 atom stereocenters. The Morgan fingerprint density at radius 1 is 1.29 bits per heavy atom. The first-order valence-corrected chi connectivity index (χ1v) is 9.28. The molecule has 3 aromatic rings. The van der Waals surface area contributed by atoms with Crippen molar-refractivity contribution in [2.24, 2.45) is 16.1 Å². The van der Waals surface area contributed by atoms with E-state index in [1.54, 1.807) is 29.0 Å². The average Bonchev–Trinajstić information content (AvgIpc) is 3.09. The molecule has 0 bridgehead atoms. The highest BCUT2D eigenvalue weighted by Crippen LogP contribution is 2.37. The molecule has 0 radical (unpaired) electrons. The Balaban J connectivity index is 2.03. The highest BCUT2D eigenvalue weighted by Gasteiger charge is 2.46. The summed E-state index contributed by atoms with van der Waals surface area (Å²) >= 11 is 0. The molecule has 3 rings (SSSR count). The number of allylic oxidation sites excluding steroid dienone is 1. The Kier molecular flexibility index (Phi) is 5.79. The third kappa shape index (κ3) is 4.55. The van der Waals surface area contributed by atoms with Gasteiger partial charge >= 0.3 is 6.18 Å². The SMILES string of the molecule is Cc1cn2ncc(-c3nc(C#N)ccc3C(C=NCC(C)(C)C(F)(F)F)=CN)cc2n1. The number of nitrogens with zero attached hydrogens (tertiary/aromatic N) is 6. The van der Waals surface area contributed by atoms with Crippen molar-refractivity contribution in [3.8, 4) is 17.3 Å². The van der Waals surface area contributed by atoms with Gasteiger partial charge in [0.25, 0.3) is 0 Å². The first kappa shape index (κ1) is 22.0. The Hall–Kier alpha value is -3.74. The number of rotatable bonds is 5. The van der Waals surface area contributed by atoms with E-state index in [1.807, 2.05) is 13.0 Å². The van der Waals surface area contributed by atoms with Gasteiger partial charge in [0, 0.05) is 29.1 Å². The van der Waals surface area contributed by atoms with Crippen molar-refractivity contribution >= 4 is 17.4 Å². The normalized spacial score (nSPS) is 13.1. The lowest BCUT2D eigenvalue weighted by Crippen LogP contribution is -2.34. The zero-order valence-electron chi connectivity index (χ0n) is 17.1. The van der Waals surface area contributed by atoms with Crippen LogP contribution in [-0.4, -0.2) is 38.5 Å². The van der Waals surface area contributed by atoms with Crippen molar-refractivity contribution in [1.29, 1.82) is 5.26 Å². The van der Waals surface area contributed by atoms with E-state index in [4.69, 9.17) is 5.73 Å². The molecule has 0 aliphatic carbocycles. The highest BCUT2D eigenvalue weighted by atomic mass is 19.4. The molecule has 0 aromatic carbocycles. The molecule has 10 heteroatoms. The number of halogens is 3. The van der Waals surface area contributed by atoms with E-state index in [0.29, 0.717) is 28.0 Å². The molecule has 160 valence electrons. The summed E-state index contributed by atoms with van der Waals surface area (Å²) in [6, 6.07) is 6.86. The topological polar surface area (TPSA) is 105 Å². The van der Waals surface area contributed by atoms with Crippen LogP contribution in [-0.2, 0) is 0 Å². The molecule has 2 N–H and O–H groups in total. The van der Waals surface area contributed by atoms with Gasteiger partial charge in [0.05, 0.1) is 35.7 Å². The smallest absolute Gasteiger partial charge is 0.395 e. The number of hydrogen-bond acceptors (Lipinski definition) is 6. The van der Waals surface area contributed by atoms with Crippen molar-refractivity contribution in [2.75, 3.05) is 6.54 Å². The number of aliphatic imine (C=N–C) groups is 1. The summed E-state index contributed by atoms with van der Waals surface area (Å²) in [5.41, 5.74) is 7.15. The molecule has 0 amide bonds. The number of pyridine rings is 1. The summed E-state index contributed by atoms with van der Waals surface area (Å²) in [5, 5.41) is 13.6. The average molecular weight is 427 g/mol. The van der Waals surface area contributed by atoms with Crippen molar-refractivity contribution in [3.05, 3.63) is 53.7 Å². The summed E-state index contributed by atoms with van der Waals surface area (Å²) in [7, 11) is 0. The molecule has 0 spiro atoms. The molecule has 3 aromatic heterocycles. The predicted octanol–water partition coefficient (Wildman–Crippen LogP) is 3.93. The van der Waals surface area contributed by atoms with Gasteiger partial charge in [-0.1, -0.05) is 0 Å². The van der Waals surface area contributed by atoms with Gasteiger partial charge in [-0.2, -0.15) is 23.5 Å². The minimum absolute atomic E-state index is 0.171. The van der Waals surface area contributed by atoms with Gasteiger partial charge in [0.2, 0.25) is 0 Å². The maximum absolute atomic E-state index is 13.1. The molecule has 0 aliphatic rings. The molecule has 7 nitrogen and oxygen atoms in total. The van der Waals surface area contributed by atoms with Gasteiger partial charge in [-0.25, -0.2) is 14.5 Å². The van der Waals surface area contributed by atoms with Gasteiger partial charge in [0.15, 0.2) is 5.65 Å². The summed E-state index contributed by atoms with van der Waals surface area (Å²) in [6.45, 7) is 3.53. The molecule has 0 aliphatic heterocycles. The molecular weight excluding hydrogens is 407 g/mol. The Labute approximate surface area is 176 Å². The van der Waals surface area contributed by atoms with Crippen molar-refractivity contribution in [3.63, 3.8) is 0 Å². The minimum atomic E-state index is -4.39. The zero-order chi connectivity index (χ0) is 22.8. The molecule has 0 saturated carbocycles. The van der Waals surface area contributed by atoms with Crippen molar-refractivity contribution in [2.45, 2.75) is 26.9 Å². The maximum atomic E-state index is 13.1. The lowest BCUT2D eigenvalue weighted by molar-refractivity contribution is -0.207. The summed E-state index contributed by atoms with van der Waals surface area (Å²) < 4.78 is 40.9. The number of imidazole rings is 1. The predicted molar refractivity (Wildman–Crippen MR) is 111 cm³/mol. The Morgan fingerprint density at radius 2 is 2.03 bits per heavy atom. The van der Waals surface area contributed by atoms with E-state index in [1.165, 1.54) is 18.5 Å². The number of aryl methyl sites for hydroxylation is 1. The Morgan fingerprint density at radius 3 is 2.68 bits per heavy atom. The fraction of sp³-hybridized carbons (Fsp3) is 0.286. The highest BCUT2D eigenvalue weighted by molar-refractivity contribution is 6.11. The van der Waals surface area contributed by atoms with Crippen molar-refractivity contribution in [1.82, 2.24) is 19.6 Å². The number of hydrogen-bond donors (Lipinski definition) is 1. The van der Waals surface area contributed by atoms with Crippen LogP contribution in [0.1, 0.15) is 30.8 Å². The van der Waals surface area contributed by atoms with Crippen molar-refractivity contribution < 1.29 is 13.2 Å². The summed E-state index contributed by atoms with van der Waals surface area (Å²) in [6.07, 6.45) is 1.47. The molecule has 0 unspecified atom stereocenters. The largest absolute Gasteiger partial charge is 0.404 e. The number of fused-ring (bicyclic) bond motifs is 1. The quantitative estimate of drug-likeness (QED) is 0.621. The first-order valence-electron chi connectivity index (χ1n) is 9.28. The summed E-state index contributed by atoms with van der Waals surface area (Å²) in [5.74, 6) is 0. The third-order valence-electron chi connectivity index (χ3n) is 4.70. The minimum Gasteiger partial charge on any atom is -0.404 e. The lowest BCUT2D eigenvalue weighted by Gasteiger charge is -2.25. The summed E-state index contributed by atoms with van der Waals surface area (Å²) in [4.78, 5) is 12.7. The standard InChI is InChI=1S/C21H20F3N7/c1-13-11-31-18(29-13)6-14(10-28-31)19-17(5-4-16(8-26)30-19)15(7-25)9-27-12-20(2,3)21(22,23)24/h4-7,9-11H,12,25H2,1-3H3. The monoisotopic (exact) mass is 427 g/mol. The van der Waals surface area contributed by atoms with Gasteiger partial charge in [0.1, 0.15) is 11.8 Å². The molecule has 3 heterocycles. The van der Waals surface area contributed by atoms with Crippen LogP contribution in [0.25, 0.3) is 22.5 Å². The van der Waals surface area contributed by atoms with Crippen LogP contribution >= 0.6 is 0 Å². The second-order valence-electron chi connectivity index (χ2n) is 7.61. The van der Waals surface area contributed by atoms with Crippen LogP contribution in [0, 0.1) is 23.7 Å². The zero-order valence-corrected chi connectivity index (χ0v) is 17.1. The Bertz CT molecular complexity index is 1210. The van der Waals surface area contributed by atoms with Gasteiger partial charge in [-0.15, -0.1) is 0 Å². The van der Waals surface area contributed by atoms with Crippen LogP contribution < -0.4 is 5.73 Å². The van der Waals surface area contributed by atoms with Crippen LogP contribution in [0.3, 0.4) is 0 Å². The van der Waals surface area contributed by atoms with Crippen LogP contribution in [0.5, 0.6) is 0 Å². The molecular formula is C21H20F3N7. The first-order chi connectivity index (χ1) is 14.6. The number of nitriles is 1. The number of aromatic nitrogens is 4. The number of nitrogens with two attached hydrogens (primary N) is 1. The molecule has 31 heavy (non-hydrogen) atoms. The van der Waals surface area contributed by atoms with E-state index in [0.717, 1.165) is 19.5 Å². The van der Waals surface area contributed by atoms with E-state index in [2.05, 4.69) is 20.1 Å². The fourth-order valence-corrected chi connectivity index (χ4v) is 2.76. The van der Waals surface area contributed by atoms with E-state index in [-0.39, 0.29) is 5.69 Å². The second-order valence-corrected chi connectivity index (χ2v) is 7.61. The second kappa shape index (κ2) is 8.18. The van der Waals surface area contributed by atoms with E-state index < -0.39 is 18.1 Å². The fourth-order valence-electron chi connectivity index (χ4n) is 2.76. The van der Waals surface area contributed by atoms with Gasteiger partial charge < -0.3 is 5.73 Å². The molecule has 0 saturated heterocycles.